The molecule has 2 aromatic carbocycles. The number of sulfonamides is 1. The third-order valence-electron chi connectivity index (χ3n) is 6.03. The number of benzene rings is 2. The molecule has 0 spiro atoms. The van der Waals surface area contributed by atoms with Crippen molar-refractivity contribution in [1.29, 1.82) is 0 Å². The highest BCUT2D eigenvalue weighted by atomic mass is 32.2. The molecular formula is C26H27FN4O5S. The average molecular weight is 527 g/mol. The van der Waals surface area contributed by atoms with Gasteiger partial charge in [0.2, 0.25) is 10.0 Å². The number of nitrogens with two attached hydrogens (primary N) is 1. The van der Waals surface area contributed by atoms with Crippen molar-refractivity contribution in [1.82, 2.24) is 9.71 Å². The van der Waals surface area contributed by atoms with E-state index in [2.05, 4.69) is 14.7 Å². The van der Waals surface area contributed by atoms with Crippen LogP contribution in [-0.4, -0.2) is 42.6 Å². The Hall–Kier alpha value is -3.83. The fraction of sp³-hybridized carbons (Fsp3) is 0.269. The highest BCUT2D eigenvalue weighted by Gasteiger charge is 2.48. The molecule has 4 rings (SSSR count). The molecule has 11 heteroatoms. The van der Waals surface area contributed by atoms with E-state index in [1.807, 2.05) is 0 Å². The van der Waals surface area contributed by atoms with Gasteiger partial charge in [-0.2, -0.15) is 0 Å². The number of aliphatic hydroxyl groups is 1. The summed E-state index contributed by atoms with van der Waals surface area (Å²) < 4.78 is 49.5. The number of carbonyl (C=O) groups is 1. The number of amidine groups is 1. The number of hydrogen-bond donors (Lipinski definition) is 3. The summed E-state index contributed by atoms with van der Waals surface area (Å²) in [5.74, 6) is -1.16. The van der Waals surface area contributed by atoms with Crippen LogP contribution in [0, 0.1) is 5.82 Å². The topological polar surface area (TPSA) is 144 Å². The van der Waals surface area contributed by atoms with Gasteiger partial charge in [-0.15, -0.1) is 0 Å². The number of rotatable bonds is 7. The number of aliphatic hydroxyl groups excluding tert-OH is 1. The summed E-state index contributed by atoms with van der Waals surface area (Å²) in [6.45, 7) is 2.98. The molecule has 37 heavy (non-hydrogen) atoms. The number of aromatic nitrogens is 1. The van der Waals surface area contributed by atoms with Crippen molar-refractivity contribution < 1.29 is 27.4 Å². The first-order valence-electron chi connectivity index (χ1n) is 11.5. The number of halogens is 1. The second kappa shape index (κ2) is 10.3. The van der Waals surface area contributed by atoms with Crippen LogP contribution >= 0.6 is 0 Å². The predicted octanol–water partition coefficient (Wildman–Crippen LogP) is 3.24. The lowest BCUT2D eigenvalue weighted by Gasteiger charge is -2.39. The molecule has 3 aromatic rings. The Kier molecular flexibility index (Phi) is 7.28. The van der Waals surface area contributed by atoms with Crippen LogP contribution in [0.2, 0.25) is 0 Å². The number of ether oxygens (including phenoxy) is 1. The lowest BCUT2D eigenvalue weighted by molar-refractivity contribution is 0.0758. The summed E-state index contributed by atoms with van der Waals surface area (Å²) in [6.07, 6.45) is 1.55. The average Bonchev–Trinajstić information content (AvgIpc) is 2.83. The minimum atomic E-state index is -4.01. The number of pyridine rings is 1. The van der Waals surface area contributed by atoms with Gasteiger partial charge < -0.3 is 15.6 Å². The number of hydrogen-bond acceptors (Lipinski definition) is 7. The monoisotopic (exact) mass is 526 g/mol. The van der Waals surface area contributed by atoms with Crippen LogP contribution in [0.15, 0.2) is 71.9 Å². The Morgan fingerprint density at radius 1 is 1.19 bits per heavy atom. The van der Waals surface area contributed by atoms with Crippen molar-refractivity contribution in [2.45, 2.75) is 37.2 Å². The third-order valence-corrected chi connectivity index (χ3v) is 7.95. The van der Waals surface area contributed by atoms with E-state index >= 15 is 0 Å². The van der Waals surface area contributed by atoms with Crippen molar-refractivity contribution in [3.63, 3.8) is 0 Å². The van der Waals surface area contributed by atoms with Gasteiger partial charge in [0.15, 0.2) is 0 Å². The molecule has 2 atom stereocenters. The first-order chi connectivity index (χ1) is 17.5. The van der Waals surface area contributed by atoms with Gasteiger partial charge in [-0.3, -0.25) is 9.78 Å². The predicted molar refractivity (Wildman–Crippen MR) is 136 cm³/mol. The number of aliphatic imine (C=N–C) groups is 1. The van der Waals surface area contributed by atoms with Gasteiger partial charge in [-0.05, 0) is 55.2 Å². The van der Waals surface area contributed by atoms with Crippen molar-refractivity contribution in [2.24, 2.45) is 10.7 Å². The van der Waals surface area contributed by atoms with E-state index in [1.54, 1.807) is 56.3 Å². The van der Waals surface area contributed by atoms with Crippen LogP contribution in [-0.2, 0) is 14.8 Å². The first kappa shape index (κ1) is 26.2. The van der Waals surface area contributed by atoms with Crippen LogP contribution in [0.3, 0.4) is 0 Å². The molecule has 2 heterocycles. The minimum absolute atomic E-state index is 0.0767. The van der Waals surface area contributed by atoms with Gasteiger partial charge in [-0.25, -0.2) is 22.5 Å². The van der Waals surface area contributed by atoms with Gasteiger partial charge in [-0.1, -0.05) is 42.5 Å². The molecule has 0 radical (unpaired) electrons. The Bertz CT molecular complexity index is 1440. The van der Waals surface area contributed by atoms with Gasteiger partial charge in [0.05, 0.1) is 6.04 Å². The van der Waals surface area contributed by atoms with Crippen molar-refractivity contribution in [3.05, 3.63) is 89.5 Å². The molecule has 1 fully saturated rings. The van der Waals surface area contributed by atoms with Gasteiger partial charge in [0, 0.05) is 18.4 Å². The van der Waals surface area contributed by atoms with E-state index < -0.39 is 38.6 Å². The van der Waals surface area contributed by atoms with Crippen LogP contribution in [0.25, 0.3) is 11.1 Å². The molecule has 194 valence electrons. The van der Waals surface area contributed by atoms with E-state index in [1.165, 1.54) is 24.4 Å². The molecule has 1 aliphatic heterocycles. The number of primary amides is 1. The Balaban J connectivity index is 1.63. The third kappa shape index (κ3) is 5.62. The van der Waals surface area contributed by atoms with E-state index in [9.17, 15) is 22.7 Å². The Labute approximate surface area is 214 Å². The zero-order valence-electron chi connectivity index (χ0n) is 20.3. The highest BCUT2D eigenvalue weighted by molar-refractivity contribution is 7.90. The first-order valence-corrected chi connectivity index (χ1v) is 13.1. The molecule has 0 aliphatic carbocycles. The zero-order valence-corrected chi connectivity index (χ0v) is 21.1. The maximum Gasteiger partial charge on any atom is 0.299 e. The summed E-state index contributed by atoms with van der Waals surface area (Å²) in [6, 6.07) is 15.0. The summed E-state index contributed by atoms with van der Waals surface area (Å²) in [5, 5.41) is 8.38. The molecular weight excluding hydrogens is 499 g/mol. The van der Waals surface area contributed by atoms with Gasteiger partial charge >= 0.3 is 0 Å². The lowest BCUT2D eigenvalue weighted by Crippen LogP contribution is -2.53. The van der Waals surface area contributed by atoms with Crippen molar-refractivity contribution in [2.75, 3.05) is 6.61 Å². The van der Waals surface area contributed by atoms with Crippen molar-refractivity contribution in [3.8, 4) is 11.1 Å². The zero-order chi connectivity index (χ0) is 26.8. The second-order valence-corrected chi connectivity index (χ2v) is 10.9. The molecule has 1 aliphatic rings. The van der Waals surface area contributed by atoms with Gasteiger partial charge in [0.1, 0.15) is 22.4 Å². The largest absolute Gasteiger partial charge is 0.457 e. The van der Waals surface area contributed by atoms with Crippen LogP contribution in [0.1, 0.15) is 53.2 Å². The normalized spacial score (nSPS) is 20.0. The molecule has 9 nitrogen and oxygen atoms in total. The number of carbonyl (C=O) groups excluding carboxylic acids is 1. The van der Waals surface area contributed by atoms with Gasteiger partial charge in [0.25, 0.3) is 11.9 Å². The number of amides is 1. The standard InChI is InChI=1S/C26H27FN4O5S/c1-26(2)23(17-9-7-16(8-10-17)18-11-13-29-22(15-18)24(28)33)37(34,35)31-25(36-26)30-21(12-14-32)19-5-3-4-6-20(19)27/h3-11,13,15,21,23,32H,12,14H2,1-2H3,(H2,28,33)(H,30,31)/t21-,23?/m0/s1. The van der Waals surface area contributed by atoms with E-state index in [0.717, 1.165) is 5.56 Å². The fourth-order valence-electron chi connectivity index (χ4n) is 4.40. The Morgan fingerprint density at radius 3 is 2.51 bits per heavy atom. The smallest absolute Gasteiger partial charge is 0.299 e. The van der Waals surface area contributed by atoms with E-state index in [-0.39, 0.29) is 30.3 Å². The Morgan fingerprint density at radius 2 is 1.89 bits per heavy atom. The summed E-state index contributed by atoms with van der Waals surface area (Å²) >= 11 is 0. The number of nitrogens with one attached hydrogen (secondary N) is 1. The maximum absolute atomic E-state index is 14.4. The van der Waals surface area contributed by atoms with Crippen LogP contribution in [0.4, 0.5) is 4.39 Å². The van der Waals surface area contributed by atoms with Crippen LogP contribution in [0.5, 0.6) is 0 Å². The van der Waals surface area contributed by atoms with Crippen LogP contribution < -0.4 is 10.5 Å². The second-order valence-electron chi connectivity index (χ2n) is 9.13. The SMILES string of the molecule is CC1(C)OC(=N[C@@H](CCO)c2ccccc2F)NS(=O)(=O)C1c1ccc(-c2ccnc(C(N)=O)c2)cc1. The fourth-order valence-corrected chi connectivity index (χ4v) is 6.17. The highest BCUT2D eigenvalue weighted by Crippen LogP contribution is 2.39. The van der Waals surface area contributed by atoms with E-state index in [4.69, 9.17) is 10.5 Å². The molecule has 1 saturated heterocycles. The quantitative estimate of drug-likeness (QED) is 0.431. The summed E-state index contributed by atoms with van der Waals surface area (Å²) in [5.41, 5.74) is 6.34. The van der Waals surface area contributed by atoms with Crippen molar-refractivity contribution >= 4 is 22.0 Å². The maximum atomic E-state index is 14.4. The van der Waals surface area contributed by atoms with E-state index in [0.29, 0.717) is 11.1 Å². The molecule has 0 bridgehead atoms. The molecule has 1 unspecified atom stereocenters. The molecule has 4 N–H and O–H groups in total. The summed E-state index contributed by atoms with van der Waals surface area (Å²) in [7, 11) is -4.01. The molecule has 1 aromatic heterocycles. The molecule has 0 saturated carbocycles. The number of nitrogens with zero attached hydrogens (tertiary/aromatic N) is 2. The lowest BCUT2D eigenvalue weighted by atomic mass is 9.95. The minimum Gasteiger partial charge on any atom is -0.457 e. The molecule has 1 amide bonds. The summed E-state index contributed by atoms with van der Waals surface area (Å²) in [4.78, 5) is 19.7.